The maximum Gasteiger partial charge on any atom is 0.162 e. The van der Waals surface area contributed by atoms with Gasteiger partial charge < -0.3 is 0 Å². The molecule has 84 valence electrons. The van der Waals surface area contributed by atoms with Crippen LogP contribution in [0.1, 0.15) is 57.1 Å². The van der Waals surface area contributed by atoms with Crippen molar-refractivity contribution in [2.24, 2.45) is 0 Å². The van der Waals surface area contributed by atoms with Crippen LogP contribution >= 0.6 is 0 Å². The molecule has 1 aromatic rings. The van der Waals surface area contributed by atoms with Crippen molar-refractivity contribution < 1.29 is 8.78 Å². The van der Waals surface area contributed by atoms with Gasteiger partial charge in [-0.05, 0) is 35.4 Å². The van der Waals surface area contributed by atoms with Gasteiger partial charge in [-0.2, -0.15) is 0 Å². The molecule has 0 nitrogen and oxygen atoms in total. The van der Waals surface area contributed by atoms with Gasteiger partial charge in [0.1, 0.15) is 0 Å². The highest BCUT2D eigenvalue weighted by atomic mass is 19.2. The average Bonchev–Trinajstić information content (AvgIpc) is 2.20. The summed E-state index contributed by atoms with van der Waals surface area (Å²) in [7, 11) is 0. The smallest absolute Gasteiger partial charge is 0.162 e. The minimum atomic E-state index is -0.745. The molecule has 1 atom stereocenters. The van der Waals surface area contributed by atoms with Crippen LogP contribution < -0.4 is 0 Å². The van der Waals surface area contributed by atoms with Crippen molar-refractivity contribution in [1.29, 1.82) is 0 Å². The normalized spacial score (nSPS) is 13.3. The van der Waals surface area contributed by atoms with Gasteiger partial charge in [0.05, 0.1) is 0 Å². The van der Waals surface area contributed by atoms with Crippen LogP contribution in [0.5, 0.6) is 0 Å². The quantitative estimate of drug-likeness (QED) is 0.686. The zero-order chi connectivity index (χ0) is 11.6. The van der Waals surface area contributed by atoms with E-state index in [1.807, 2.05) is 20.8 Å². The summed E-state index contributed by atoms with van der Waals surface area (Å²) in [6.07, 6.45) is 0.935. The second-order valence-electron chi connectivity index (χ2n) is 4.33. The molecule has 0 N–H and O–H groups in total. The standard InChI is InChI=1S/C13H18F2/c1-5-9(4)10-6-7-11(14)13(15)12(10)8(2)3/h6-9H,5H2,1-4H3. The van der Waals surface area contributed by atoms with E-state index in [4.69, 9.17) is 0 Å². The lowest BCUT2D eigenvalue weighted by Crippen LogP contribution is -2.05. The second kappa shape index (κ2) is 4.73. The van der Waals surface area contributed by atoms with Gasteiger partial charge in [-0.25, -0.2) is 8.78 Å². The Bertz CT molecular complexity index is 343. The van der Waals surface area contributed by atoms with Crippen LogP contribution in [0.25, 0.3) is 0 Å². The van der Waals surface area contributed by atoms with Gasteiger partial charge in [0, 0.05) is 0 Å². The maximum atomic E-state index is 13.6. The summed E-state index contributed by atoms with van der Waals surface area (Å²) >= 11 is 0. The summed E-state index contributed by atoms with van der Waals surface area (Å²) in [5.74, 6) is -1.13. The molecule has 0 amide bonds. The van der Waals surface area contributed by atoms with E-state index in [0.717, 1.165) is 12.0 Å². The predicted octanol–water partition coefficient (Wildman–Crippen LogP) is 4.60. The lowest BCUT2D eigenvalue weighted by Gasteiger charge is -2.18. The zero-order valence-electron chi connectivity index (χ0n) is 9.77. The molecule has 2 heteroatoms. The highest BCUT2D eigenvalue weighted by Gasteiger charge is 2.18. The van der Waals surface area contributed by atoms with Gasteiger partial charge in [-0.3, -0.25) is 0 Å². The van der Waals surface area contributed by atoms with Crippen molar-refractivity contribution in [2.75, 3.05) is 0 Å². The minimum Gasteiger partial charge on any atom is -0.204 e. The topological polar surface area (TPSA) is 0 Å². The van der Waals surface area contributed by atoms with Crippen LogP contribution in [-0.4, -0.2) is 0 Å². The molecule has 0 spiro atoms. The fourth-order valence-electron chi connectivity index (χ4n) is 1.82. The van der Waals surface area contributed by atoms with Crippen molar-refractivity contribution >= 4 is 0 Å². The summed E-state index contributed by atoms with van der Waals surface area (Å²) in [6.45, 7) is 7.88. The Labute approximate surface area is 90.3 Å². The average molecular weight is 212 g/mol. The van der Waals surface area contributed by atoms with E-state index in [0.29, 0.717) is 5.56 Å². The minimum absolute atomic E-state index is 0.0182. The van der Waals surface area contributed by atoms with Crippen LogP contribution in [0.4, 0.5) is 8.78 Å². The molecule has 0 aromatic heterocycles. The molecule has 1 unspecified atom stereocenters. The molecule has 1 rings (SSSR count). The van der Waals surface area contributed by atoms with Gasteiger partial charge in [-0.15, -0.1) is 0 Å². The molecular formula is C13H18F2. The van der Waals surface area contributed by atoms with Crippen LogP contribution in [0.3, 0.4) is 0 Å². The summed E-state index contributed by atoms with van der Waals surface area (Å²) in [5, 5.41) is 0. The van der Waals surface area contributed by atoms with E-state index < -0.39 is 11.6 Å². The Morgan fingerprint density at radius 1 is 1.13 bits per heavy atom. The highest BCUT2D eigenvalue weighted by molar-refractivity contribution is 5.34. The Morgan fingerprint density at radius 2 is 1.73 bits per heavy atom. The van der Waals surface area contributed by atoms with E-state index in [-0.39, 0.29) is 11.8 Å². The molecule has 0 saturated heterocycles. The lowest BCUT2D eigenvalue weighted by atomic mass is 9.88. The van der Waals surface area contributed by atoms with E-state index in [1.165, 1.54) is 6.07 Å². The first kappa shape index (κ1) is 12.2. The molecule has 15 heavy (non-hydrogen) atoms. The van der Waals surface area contributed by atoms with Crippen molar-refractivity contribution in [1.82, 2.24) is 0 Å². The first-order valence-electron chi connectivity index (χ1n) is 5.46. The predicted molar refractivity (Wildman–Crippen MR) is 59.2 cm³/mol. The van der Waals surface area contributed by atoms with Gasteiger partial charge in [0.15, 0.2) is 11.6 Å². The fraction of sp³-hybridized carbons (Fsp3) is 0.538. The van der Waals surface area contributed by atoms with Crippen molar-refractivity contribution in [3.63, 3.8) is 0 Å². The van der Waals surface area contributed by atoms with Gasteiger partial charge in [-0.1, -0.05) is 33.8 Å². The monoisotopic (exact) mass is 212 g/mol. The third-order valence-corrected chi connectivity index (χ3v) is 2.89. The van der Waals surface area contributed by atoms with E-state index in [2.05, 4.69) is 6.92 Å². The van der Waals surface area contributed by atoms with E-state index in [1.54, 1.807) is 6.07 Å². The number of hydrogen-bond acceptors (Lipinski definition) is 0. The summed E-state index contributed by atoms with van der Waals surface area (Å²) in [5.41, 5.74) is 1.47. The summed E-state index contributed by atoms with van der Waals surface area (Å²) in [4.78, 5) is 0. The second-order valence-corrected chi connectivity index (χ2v) is 4.33. The highest BCUT2D eigenvalue weighted by Crippen LogP contribution is 2.31. The number of hydrogen-bond donors (Lipinski definition) is 0. The molecule has 0 aliphatic rings. The third-order valence-electron chi connectivity index (χ3n) is 2.89. The lowest BCUT2D eigenvalue weighted by molar-refractivity contribution is 0.488. The summed E-state index contributed by atoms with van der Waals surface area (Å²) in [6, 6.07) is 2.94. The number of halogens is 2. The van der Waals surface area contributed by atoms with Crippen LogP contribution in [0.15, 0.2) is 12.1 Å². The van der Waals surface area contributed by atoms with Crippen LogP contribution in [0, 0.1) is 11.6 Å². The molecule has 0 bridgehead atoms. The SMILES string of the molecule is CCC(C)c1ccc(F)c(F)c1C(C)C. The van der Waals surface area contributed by atoms with Crippen LogP contribution in [0.2, 0.25) is 0 Å². The maximum absolute atomic E-state index is 13.6. The third kappa shape index (κ3) is 2.36. The fourth-order valence-corrected chi connectivity index (χ4v) is 1.82. The molecule has 0 fully saturated rings. The number of benzene rings is 1. The van der Waals surface area contributed by atoms with Gasteiger partial charge in [0.2, 0.25) is 0 Å². The largest absolute Gasteiger partial charge is 0.204 e. The van der Waals surface area contributed by atoms with Gasteiger partial charge >= 0.3 is 0 Å². The Hall–Kier alpha value is -0.920. The van der Waals surface area contributed by atoms with E-state index >= 15 is 0 Å². The van der Waals surface area contributed by atoms with E-state index in [9.17, 15) is 8.78 Å². The molecular weight excluding hydrogens is 194 g/mol. The zero-order valence-corrected chi connectivity index (χ0v) is 9.77. The molecule has 1 aromatic carbocycles. The Kier molecular flexibility index (Phi) is 3.83. The first-order valence-corrected chi connectivity index (χ1v) is 5.46. The first-order chi connectivity index (χ1) is 6.99. The van der Waals surface area contributed by atoms with Crippen LogP contribution in [-0.2, 0) is 0 Å². The molecule has 0 aliphatic carbocycles. The molecule has 0 radical (unpaired) electrons. The van der Waals surface area contributed by atoms with Crippen molar-refractivity contribution in [3.8, 4) is 0 Å². The van der Waals surface area contributed by atoms with Gasteiger partial charge in [0.25, 0.3) is 0 Å². The molecule has 0 heterocycles. The summed E-state index contributed by atoms with van der Waals surface area (Å²) < 4.78 is 26.7. The number of rotatable bonds is 3. The van der Waals surface area contributed by atoms with Crippen molar-refractivity contribution in [2.45, 2.75) is 46.0 Å². The Morgan fingerprint density at radius 3 is 2.20 bits per heavy atom. The molecule has 0 aliphatic heterocycles. The Balaban J connectivity index is 3.33. The van der Waals surface area contributed by atoms with Crippen molar-refractivity contribution in [3.05, 3.63) is 34.9 Å². The molecule has 0 saturated carbocycles.